The molecule has 1 N–H and O–H groups in total. The van der Waals surface area contributed by atoms with Crippen molar-refractivity contribution < 1.29 is 4.39 Å². The van der Waals surface area contributed by atoms with Gasteiger partial charge in [0.25, 0.3) is 0 Å². The van der Waals surface area contributed by atoms with Gasteiger partial charge >= 0.3 is 0 Å². The Balaban J connectivity index is 2.15. The number of rotatable bonds is 5. The minimum atomic E-state index is -0.262. The van der Waals surface area contributed by atoms with Gasteiger partial charge in [0.05, 0.1) is 10.0 Å². The predicted octanol–water partition coefficient (Wildman–Crippen LogP) is 5.93. The fourth-order valence-electron chi connectivity index (χ4n) is 2.11. The molecule has 0 aliphatic heterocycles. The van der Waals surface area contributed by atoms with Crippen molar-refractivity contribution in [1.29, 1.82) is 0 Å². The zero-order chi connectivity index (χ0) is 16.3. The minimum absolute atomic E-state index is 0.262. The van der Waals surface area contributed by atoms with Crippen molar-refractivity contribution in [3.8, 4) is 0 Å². The molecule has 0 saturated carbocycles. The summed E-state index contributed by atoms with van der Waals surface area (Å²) in [6.07, 6.45) is 0. The maximum absolute atomic E-state index is 13.1. The summed E-state index contributed by atoms with van der Waals surface area (Å²) in [5.74, 6) is -0.262. The normalized spacial score (nSPS) is 10.4. The fourth-order valence-corrected chi connectivity index (χ4v) is 2.92. The van der Waals surface area contributed by atoms with Gasteiger partial charge in [0.1, 0.15) is 5.82 Å². The van der Waals surface area contributed by atoms with E-state index >= 15 is 0 Å². The van der Waals surface area contributed by atoms with Crippen molar-refractivity contribution in [1.82, 2.24) is 5.32 Å². The molecule has 0 amide bonds. The van der Waals surface area contributed by atoms with Gasteiger partial charge in [-0.1, -0.05) is 48.5 Å². The molecule has 0 aliphatic carbocycles. The number of nitrogens with one attached hydrogen (secondary N) is 1. The van der Waals surface area contributed by atoms with E-state index in [0.29, 0.717) is 22.3 Å². The summed E-state index contributed by atoms with van der Waals surface area (Å²) in [5.41, 5.74) is 3.83. The first kappa shape index (κ1) is 16.6. The number of hydrogen-bond acceptors (Lipinski definition) is 1. The van der Waals surface area contributed by atoms with Crippen LogP contribution in [0, 0.1) is 5.82 Å². The number of hydrogen-bond donors (Lipinski definition) is 1. The molecule has 2 aromatic carbocycles. The van der Waals surface area contributed by atoms with Crippen LogP contribution in [0.25, 0.3) is 11.3 Å². The molecular formula is C18H16Cl2FN. The highest BCUT2D eigenvalue weighted by atomic mass is 35.5. The molecular weight excluding hydrogens is 320 g/mol. The van der Waals surface area contributed by atoms with Crippen LogP contribution in [0.3, 0.4) is 0 Å². The third-order valence-corrected chi connectivity index (χ3v) is 3.81. The maximum atomic E-state index is 13.1. The van der Waals surface area contributed by atoms with Crippen molar-refractivity contribution >= 4 is 34.5 Å². The third-order valence-electron chi connectivity index (χ3n) is 3.21. The Morgan fingerprint density at radius 1 is 1.14 bits per heavy atom. The quantitative estimate of drug-likeness (QED) is 0.714. The van der Waals surface area contributed by atoms with E-state index in [2.05, 4.69) is 18.5 Å². The van der Waals surface area contributed by atoms with E-state index in [1.54, 1.807) is 18.2 Å². The third kappa shape index (κ3) is 3.90. The van der Waals surface area contributed by atoms with E-state index in [1.807, 2.05) is 13.0 Å². The lowest BCUT2D eigenvalue weighted by Crippen LogP contribution is -2.11. The molecule has 1 nitrogen and oxygen atoms in total. The van der Waals surface area contributed by atoms with Crippen LogP contribution in [0.15, 0.2) is 49.6 Å². The number of halogens is 3. The van der Waals surface area contributed by atoms with E-state index in [4.69, 9.17) is 23.2 Å². The van der Waals surface area contributed by atoms with E-state index in [1.165, 1.54) is 12.1 Å². The first-order chi connectivity index (χ1) is 10.4. The van der Waals surface area contributed by atoms with Gasteiger partial charge in [-0.15, -0.1) is 0 Å². The van der Waals surface area contributed by atoms with Crippen LogP contribution in [0.2, 0.25) is 10.0 Å². The second-order valence-corrected chi connectivity index (χ2v) is 5.87. The Morgan fingerprint density at radius 2 is 1.77 bits per heavy atom. The molecule has 114 valence electrons. The van der Waals surface area contributed by atoms with E-state index < -0.39 is 0 Å². The molecule has 0 bridgehead atoms. The lowest BCUT2D eigenvalue weighted by Gasteiger charge is -2.13. The Morgan fingerprint density at radius 3 is 2.32 bits per heavy atom. The molecule has 2 aromatic rings. The Bertz CT molecular complexity index is 715. The monoisotopic (exact) mass is 335 g/mol. The molecule has 0 aliphatic rings. The second kappa shape index (κ2) is 6.99. The van der Waals surface area contributed by atoms with Crippen LogP contribution in [-0.4, -0.2) is 0 Å². The van der Waals surface area contributed by atoms with E-state index in [9.17, 15) is 4.39 Å². The molecule has 4 heteroatoms. The van der Waals surface area contributed by atoms with Crippen LogP contribution in [0.1, 0.15) is 23.6 Å². The van der Waals surface area contributed by atoms with E-state index in [0.717, 1.165) is 22.3 Å². The lowest BCUT2D eigenvalue weighted by atomic mass is 10.0. The first-order valence-corrected chi connectivity index (χ1v) is 7.46. The molecule has 0 unspecified atom stereocenters. The standard InChI is InChI=1S/C18H16Cl2FN/c1-11(2)18-16(19)8-14(9-17(18)20)12(3)22-10-13-5-4-6-15(21)7-13/h4-9,22H,1,3,10H2,2H3. The molecule has 0 spiro atoms. The highest BCUT2D eigenvalue weighted by molar-refractivity contribution is 6.37. The molecule has 0 atom stereocenters. The highest BCUT2D eigenvalue weighted by Crippen LogP contribution is 2.33. The van der Waals surface area contributed by atoms with Gasteiger partial charge in [0.15, 0.2) is 0 Å². The Kier molecular flexibility index (Phi) is 5.28. The summed E-state index contributed by atoms with van der Waals surface area (Å²) in [7, 11) is 0. The topological polar surface area (TPSA) is 12.0 Å². The molecule has 2 rings (SSSR count). The van der Waals surface area contributed by atoms with Crippen LogP contribution >= 0.6 is 23.2 Å². The van der Waals surface area contributed by atoms with Gasteiger partial charge in [0, 0.05) is 17.8 Å². The first-order valence-electron chi connectivity index (χ1n) is 6.71. The van der Waals surface area contributed by atoms with Gasteiger partial charge in [-0.3, -0.25) is 0 Å². The van der Waals surface area contributed by atoms with Gasteiger partial charge in [-0.2, -0.15) is 0 Å². The van der Waals surface area contributed by atoms with Crippen molar-refractivity contribution in [2.24, 2.45) is 0 Å². The SMILES string of the molecule is C=C(NCc1cccc(F)c1)c1cc(Cl)c(C(=C)C)c(Cl)c1. The van der Waals surface area contributed by atoms with Gasteiger partial charge in [-0.25, -0.2) is 4.39 Å². The van der Waals surface area contributed by atoms with E-state index in [-0.39, 0.29) is 5.82 Å². The second-order valence-electron chi connectivity index (χ2n) is 5.06. The van der Waals surface area contributed by atoms with Gasteiger partial charge < -0.3 is 5.32 Å². The fraction of sp³-hybridized carbons (Fsp3) is 0.111. The van der Waals surface area contributed by atoms with Crippen molar-refractivity contribution in [2.75, 3.05) is 0 Å². The van der Waals surface area contributed by atoms with Crippen molar-refractivity contribution in [3.63, 3.8) is 0 Å². The average Bonchev–Trinajstić information content (AvgIpc) is 2.43. The van der Waals surface area contributed by atoms with Gasteiger partial charge in [-0.05, 0) is 47.9 Å². The average molecular weight is 336 g/mol. The summed E-state index contributed by atoms with van der Waals surface area (Å²) >= 11 is 12.5. The number of allylic oxidation sites excluding steroid dienone is 1. The molecule has 0 heterocycles. The molecule has 0 saturated heterocycles. The Hall–Kier alpha value is -1.77. The number of benzene rings is 2. The van der Waals surface area contributed by atoms with Crippen LogP contribution in [-0.2, 0) is 6.54 Å². The molecule has 0 aromatic heterocycles. The smallest absolute Gasteiger partial charge is 0.123 e. The molecule has 22 heavy (non-hydrogen) atoms. The van der Waals surface area contributed by atoms with Crippen molar-refractivity contribution in [3.05, 3.63) is 82.1 Å². The summed E-state index contributed by atoms with van der Waals surface area (Å²) in [4.78, 5) is 0. The maximum Gasteiger partial charge on any atom is 0.123 e. The predicted molar refractivity (Wildman–Crippen MR) is 93.4 cm³/mol. The van der Waals surface area contributed by atoms with Crippen molar-refractivity contribution in [2.45, 2.75) is 13.5 Å². The molecule has 0 fully saturated rings. The Labute approximate surface area is 140 Å². The van der Waals surface area contributed by atoms with Crippen LogP contribution < -0.4 is 5.32 Å². The van der Waals surface area contributed by atoms with Crippen LogP contribution in [0.4, 0.5) is 4.39 Å². The summed E-state index contributed by atoms with van der Waals surface area (Å²) in [5, 5.41) is 4.21. The molecule has 0 radical (unpaired) electrons. The summed E-state index contributed by atoms with van der Waals surface area (Å²) in [6, 6.07) is 9.98. The van der Waals surface area contributed by atoms with Gasteiger partial charge in [0.2, 0.25) is 0 Å². The lowest BCUT2D eigenvalue weighted by molar-refractivity contribution is 0.624. The summed E-state index contributed by atoms with van der Waals surface area (Å²) in [6.45, 7) is 10.2. The highest BCUT2D eigenvalue weighted by Gasteiger charge is 2.10. The minimum Gasteiger partial charge on any atom is -0.381 e. The van der Waals surface area contributed by atoms with Crippen LogP contribution in [0.5, 0.6) is 0 Å². The summed E-state index contributed by atoms with van der Waals surface area (Å²) < 4.78 is 13.1. The zero-order valence-electron chi connectivity index (χ0n) is 12.2. The largest absolute Gasteiger partial charge is 0.381 e. The zero-order valence-corrected chi connectivity index (χ0v) is 13.7.